The SMILES string of the molecule is O=C(NCCCOCC1CC1)NC1CC1. The van der Waals surface area contributed by atoms with E-state index in [0.29, 0.717) is 12.6 Å². The first-order valence-corrected chi connectivity index (χ1v) is 5.96. The van der Waals surface area contributed by atoms with E-state index in [4.69, 9.17) is 4.74 Å². The third-order valence-electron chi connectivity index (χ3n) is 2.71. The van der Waals surface area contributed by atoms with Crippen molar-refractivity contribution in [3.63, 3.8) is 0 Å². The Balaban J connectivity index is 1.35. The molecule has 2 aliphatic carbocycles. The van der Waals surface area contributed by atoms with E-state index in [1.807, 2.05) is 0 Å². The Hall–Kier alpha value is -0.770. The van der Waals surface area contributed by atoms with E-state index in [-0.39, 0.29) is 6.03 Å². The van der Waals surface area contributed by atoms with E-state index in [0.717, 1.165) is 38.4 Å². The van der Waals surface area contributed by atoms with Crippen LogP contribution in [0.25, 0.3) is 0 Å². The third kappa shape index (κ3) is 5.02. The molecule has 2 amide bonds. The molecule has 0 aromatic heterocycles. The van der Waals surface area contributed by atoms with Gasteiger partial charge >= 0.3 is 6.03 Å². The molecule has 0 spiro atoms. The van der Waals surface area contributed by atoms with Crippen molar-refractivity contribution >= 4 is 6.03 Å². The van der Waals surface area contributed by atoms with Gasteiger partial charge in [-0.15, -0.1) is 0 Å². The Morgan fingerprint density at radius 2 is 2.07 bits per heavy atom. The number of amides is 2. The highest BCUT2D eigenvalue weighted by Crippen LogP contribution is 2.28. The first-order chi connectivity index (χ1) is 7.34. The van der Waals surface area contributed by atoms with Crippen LogP contribution in [0, 0.1) is 5.92 Å². The lowest BCUT2D eigenvalue weighted by Crippen LogP contribution is -2.37. The second kappa shape index (κ2) is 5.35. The van der Waals surface area contributed by atoms with Gasteiger partial charge in [-0.05, 0) is 38.0 Å². The maximum absolute atomic E-state index is 11.2. The van der Waals surface area contributed by atoms with E-state index < -0.39 is 0 Å². The zero-order chi connectivity index (χ0) is 10.5. The fourth-order valence-electron chi connectivity index (χ4n) is 1.37. The van der Waals surface area contributed by atoms with Gasteiger partial charge in [-0.2, -0.15) is 0 Å². The Morgan fingerprint density at radius 3 is 2.73 bits per heavy atom. The van der Waals surface area contributed by atoms with Crippen molar-refractivity contribution in [2.45, 2.75) is 38.1 Å². The van der Waals surface area contributed by atoms with Crippen LogP contribution < -0.4 is 10.6 Å². The van der Waals surface area contributed by atoms with Crippen LogP contribution in [-0.2, 0) is 4.74 Å². The van der Waals surface area contributed by atoms with Crippen LogP contribution in [0.4, 0.5) is 4.79 Å². The van der Waals surface area contributed by atoms with Gasteiger partial charge < -0.3 is 15.4 Å². The zero-order valence-corrected chi connectivity index (χ0v) is 9.13. The highest BCUT2D eigenvalue weighted by atomic mass is 16.5. The minimum absolute atomic E-state index is 0.0281. The predicted molar refractivity (Wildman–Crippen MR) is 57.7 cm³/mol. The van der Waals surface area contributed by atoms with Crippen LogP contribution >= 0.6 is 0 Å². The highest BCUT2D eigenvalue weighted by Gasteiger charge is 2.23. The lowest BCUT2D eigenvalue weighted by molar-refractivity contribution is 0.122. The fourth-order valence-corrected chi connectivity index (χ4v) is 1.37. The summed E-state index contributed by atoms with van der Waals surface area (Å²) in [5, 5.41) is 5.71. The first-order valence-electron chi connectivity index (χ1n) is 5.96. The smallest absolute Gasteiger partial charge is 0.315 e. The quantitative estimate of drug-likeness (QED) is 0.624. The van der Waals surface area contributed by atoms with Crippen molar-refractivity contribution in [3.05, 3.63) is 0 Å². The minimum Gasteiger partial charge on any atom is -0.381 e. The molecule has 0 unspecified atom stereocenters. The summed E-state index contributed by atoms with van der Waals surface area (Å²) in [6.07, 6.45) is 5.85. The summed E-state index contributed by atoms with van der Waals surface area (Å²) in [4.78, 5) is 11.2. The Morgan fingerprint density at radius 1 is 1.27 bits per heavy atom. The van der Waals surface area contributed by atoms with Crippen LogP contribution in [-0.4, -0.2) is 31.8 Å². The molecule has 0 atom stereocenters. The molecule has 4 nitrogen and oxygen atoms in total. The average Bonchev–Trinajstić information content (AvgIpc) is 3.04. The van der Waals surface area contributed by atoms with Gasteiger partial charge in [0.2, 0.25) is 0 Å². The van der Waals surface area contributed by atoms with Crippen molar-refractivity contribution in [1.82, 2.24) is 10.6 Å². The van der Waals surface area contributed by atoms with Gasteiger partial charge in [0.25, 0.3) is 0 Å². The molecule has 0 saturated heterocycles. The number of carbonyl (C=O) groups is 1. The molecular weight excluding hydrogens is 192 g/mol. The van der Waals surface area contributed by atoms with E-state index in [9.17, 15) is 4.79 Å². The monoisotopic (exact) mass is 212 g/mol. The summed E-state index contributed by atoms with van der Waals surface area (Å²) in [6.45, 7) is 2.39. The van der Waals surface area contributed by atoms with Crippen molar-refractivity contribution in [2.75, 3.05) is 19.8 Å². The molecule has 0 bridgehead atoms. The zero-order valence-electron chi connectivity index (χ0n) is 9.13. The molecule has 2 fully saturated rings. The molecule has 15 heavy (non-hydrogen) atoms. The first kappa shape index (κ1) is 10.7. The van der Waals surface area contributed by atoms with Gasteiger partial charge in [-0.25, -0.2) is 4.79 Å². The Bertz CT molecular complexity index is 213. The number of ether oxygens (including phenoxy) is 1. The van der Waals surface area contributed by atoms with Crippen molar-refractivity contribution < 1.29 is 9.53 Å². The summed E-state index contributed by atoms with van der Waals surface area (Å²) < 4.78 is 5.46. The second-order valence-electron chi connectivity index (χ2n) is 4.55. The predicted octanol–water partition coefficient (Wildman–Crippen LogP) is 1.26. The fraction of sp³-hybridized carbons (Fsp3) is 0.909. The topological polar surface area (TPSA) is 50.4 Å². The largest absolute Gasteiger partial charge is 0.381 e. The van der Waals surface area contributed by atoms with Crippen LogP contribution in [0.1, 0.15) is 32.1 Å². The maximum Gasteiger partial charge on any atom is 0.315 e. The highest BCUT2D eigenvalue weighted by molar-refractivity contribution is 5.74. The Kier molecular flexibility index (Phi) is 3.83. The Labute approximate surface area is 90.8 Å². The van der Waals surface area contributed by atoms with E-state index in [1.165, 1.54) is 12.8 Å². The molecule has 2 saturated carbocycles. The lowest BCUT2D eigenvalue weighted by Gasteiger charge is -2.06. The van der Waals surface area contributed by atoms with E-state index in [2.05, 4.69) is 10.6 Å². The molecule has 2 aliphatic rings. The van der Waals surface area contributed by atoms with Gasteiger partial charge in [-0.3, -0.25) is 0 Å². The van der Waals surface area contributed by atoms with E-state index in [1.54, 1.807) is 0 Å². The van der Waals surface area contributed by atoms with Crippen LogP contribution in [0.5, 0.6) is 0 Å². The number of carbonyl (C=O) groups excluding carboxylic acids is 1. The second-order valence-corrected chi connectivity index (χ2v) is 4.55. The molecule has 0 aromatic rings. The molecule has 86 valence electrons. The van der Waals surface area contributed by atoms with Crippen molar-refractivity contribution in [1.29, 1.82) is 0 Å². The van der Waals surface area contributed by atoms with Gasteiger partial charge in [0.15, 0.2) is 0 Å². The van der Waals surface area contributed by atoms with Crippen molar-refractivity contribution in [2.24, 2.45) is 5.92 Å². The summed E-state index contributed by atoms with van der Waals surface area (Å²) in [5.74, 6) is 0.830. The van der Waals surface area contributed by atoms with Crippen molar-refractivity contribution in [3.8, 4) is 0 Å². The van der Waals surface area contributed by atoms with Gasteiger partial charge in [0, 0.05) is 25.8 Å². The summed E-state index contributed by atoms with van der Waals surface area (Å²) in [7, 11) is 0. The van der Waals surface area contributed by atoms with Crippen LogP contribution in [0.15, 0.2) is 0 Å². The van der Waals surface area contributed by atoms with Crippen LogP contribution in [0.2, 0.25) is 0 Å². The molecule has 0 heterocycles. The molecule has 0 radical (unpaired) electrons. The number of rotatable bonds is 7. The number of hydrogen-bond donors (Lipinski definition) is 2. The molecule has 4 heteroatoms. The minimum atomic E-state index is -0.0281. The summed E-state index contributed by atoms with van der Waals surface area (Å²) in [5.41, 5.74) is 0. The molecule has 2 rings (SSSR count). The molecule has 0 aliphatic heterocycles. The average molecular weight is 212 g/mol. The van der Waals surface area contributed by atoms with Gasteiger partial charge in [-0.1, -0.05) is 0 Å². The number of hydrogen-bond acceptors (Lipinski definition) is 2. The molecule has 0 aromatic carbocycles. The standard InChI is InChI=1S/C11H20N2O2/c14-11(13-10-4-5-10)12-6-1-7-15-8-9-2-3-9/h9-10H,1-8H2,(H2,12,13,14). The van der Waals surface area contributed by atoms with Gasteiger partial charge in [0.1, 0.15) is 0 Å². The molecular formula is C11H20N2O2. The number of urea groups is 1. The number of nitrogens with one attached hydrogen (secondary N) is 2. The normalized spacial score (nSPS) is 20.0. The third-order valence-corrected chi connectivity index (χ3v) is 2.71. The molecule has 2 N–H and O–H groups in total. The maximum atomic E-state index is 11.2. The van der Waals surface area contributed by atoms with Crippen LogP contribution in [0.3, 0.4) is 0 Å². The summed E-state index contributed by atoms with van der Waals surface area (Å²) >= 11 is 0. The lowest BCUT2D eigenvalue weighted by atomic mass is 10.4. The van der Waals surface area contributed by atoms with E-state index >= 15 is 0 Å². The summed E-state index contributed by atoms with van der Waals surface area (Å²) in [6, 6.07) is 0.413. The van der Waals surface area contributed by atoms with Gasteiger partial charge in [0.05, 0.1) is 0 Å².